The van der Waals surface area contributed by atoms with Crippen molar-refractivity contribution in [2.45, 2.75) is 36.4 Å². The maximum absolute atomic E-state index is 12.4. The summed E-state index contributed by atoms with van der Waals surface area (Å²) in [5.41, 5.74) is 5.41. The second kappa shape index (κ2) is 11.4. The summed E-state index contributed by atoms with van der Waals surface area (Å²) in [5.74, 6) is -0.127. The Morgan fingerprint density at radius 1 is 0.538 bits per heavy atom. The maximum Gasteiger partial charge on any atom is 0.0976 e. The van der Waals surface area contributed by atoms with E-state index in [1.54, 1.807) is 0 Å². The number of nitrogens with zero attached hydrogens (tertiary/aromatic N) is 1. The van der Waals surface area contributed by atoms with Crippen molar-refractivity contribution >= 4 is 0 Å². The second-order valence-corrected chi connectivity index (χ2v) is 10.5. The third-order valence-corrected chi connectivity index (χ3v) is 8.36. The molecule has 0 aliphatic carbocycles. The molecule has 5 aromatic rings. The number of hydrogen-bond acceptors (Lipinski definition) is 2. The van der Waals surface area contributed by atoms with Crippen LogP contribution in [0.25, 0.3) is 0 Å². The fourth-order valence-electron chi connectivity index (χ4n) is 6.73. The molecule has 5 aromatic carbocycles. The number of rotatable bonds is 8. The Bertz CT molecular complexity index is 1300. The predicted octanol–water partition coefficient (Wildman–Crippen LogP) is 7.64. The molecule has 0 spiro atoms. The lowest BCUT2D eigenvalue weighted by molar-refractivity contribution is 0.0246. The van der Waals surface area contributed by atoms with Gasteiger partial charge in [0.2, 0.25) is 0 Å². The molecule has 2 atom stereocenters. The Hall–Kier alpha value is -3.98. The van der Waals surface area contributed by atoms with Gasteiger partial charge in [-0.25, -0.2) is 0 Å². The van der Waals surface area contributed by atoms with Gasteiger partial charge in [-0.3, -0.25) is 4.90 Å². The van der Waals surface area contributed by atoms with Gasteiger partial charge in [-0.1, -0.05) is 152 Å². The van der Waals surface area contributed by atoms with Gasteiger partial charge in [0.25, 0.3) is 0 Å². The van der Waals surface area contributed by atoms with E-state index in [0.717, 1.165) is 30.5 Å². The molecule has 1 aliphatic rings. The van der Waals surface area contributed by atoms with Crippen molar-refractivity contribution < 1.29 is 5.11 Å². The van der Waals surface area contributed by atoms with Crippen molar-refractivity contribution in [3.63, 3.8) is 0 Å². The predicted molar refractivity (Wildman–Crippen MR) is 160 cm³/mol. The van der Waals surface area contributed by atoms with Crippen molar-refractivity contribution in [3.05, 3.63) is 179 Å². The maximum atomic E-state index is 12.4. The lowest BCUT2D eigenvalue weighted by Gasteiger charge is -2.48. The normalized spacial score (nSPS) is 16.8. The van der Waals surface area contributed by atoms with E-state index in [-0.39, 0.29) is 12.0 Å². The van der Waals surface area contributed by atoms with Crippen LogP contribution in [0.4, 0.5) is 0 Å². The van der Waals surface area contributed by atoms with E-state index in [2.05, 4.69) is 144 Å². The molecule has 1 heterocycles. The minimum Gasteiger partial charge on any atom is -0.391 e. The Balaban J connectivity index is 1.54. The van der Waals surface area contributed by atoms with Crippen LogP contribution in [-0.2, 0) is 5.54 Å². The van der Waals surface area contributed by atoms with Crippen LogP contribution in [0.3, 0.4) is 0 Å². The molecule has 0 radical (unpaired) electrons. The van der Waals surface area contributed by atoms with Crippen LogP contribution in [0.2, 0.25) is 0 Å². The molecule has 1 N–H and O–H groups in total. The van der Waals surface area contributed by atoms with E-state index in [0.29, 0.717) is 0 Å². The molecule has 1 fully saturated rings. The molecule has 1 aliphatic heterocycles. The molecular weight excluding hydrogens is 474 g/mol. The highest BCUT2D eigenvalue weighted by Gasteiger charge is 2.49. The standard InChI is InChI=1S/C37H35NO/c39-36(35(29-17-6-1-7-18-29)30-19-8-2-9-20-30)34-27-16-28-38(34)37(31-21-10-3-11-22-31,32-23-12-4-13-24-32)33-25-14-5-15-26-33/h1-15,17-26,34-36,39H,16,27-28H2/t34-,36?/m0/s1. The molecule has 194 valence electrons. The van der Waals surface area contributed by atoms with Crippen LogP contribution >= 0.6 is 0 Å². The quantitative estimate of drug-likeness (QED) is 0.217. The zero-order valence-electron chi connectivity index (χ0n) is 22.2. The Labute approximate surface area is 232 Å². The molecule has 0 bridgehead atoms. The first-order valence-electron chi connectivity index (χ1n) is 14.0. The Morgan fingerprint density at radius 2 is 0.897 bits per heavy atom. The number of likely N-dealkylation sites (tertiary alicyclic amines) is 1. The van der Waals surface area contributed by atoms with Crippen LogP contribution in [0.5, 0.6) is 0 Å². The first-order chi connectivity index (χ1) is 19.3. The summed E-state index contributed by atoms with van der Waals surface area (Å²) in [7, 11) is 0. The highest BCUT2D eigenvalue weighted by Crippen LogP contribution is 2.48. The van der Waals surface area contributed by atoms with Crippen LogP contribution in [0.1, 0.15) is 46.6 Å². The SMILES string of the molecule is OC(C(c1ccccc1)c1ccccc1)[C@@H]1CCCN1C(c1ccccc1)(c1ccccc1)c1ccccc1. The molecule has 0 aromatic heterocycles. The van der Waals surface area contributed by atoms with E-state index in [1.807, 2.05) is 12.1 Å². The molecule has 2 nitrogen and oxygen atoms in total. The number of hydrogen-bond donors (Lipinski definition) is 1. The molecule has 0 saturated carbocycles. The summed E-state index contributed by atoms with van der Waals surface area (Å²) in [6, 6.07) is 53.5. The second-order valence-electron chi connectivity index (χ2n) is 10.5. The van der Waals surface area contributed by atoms with Crippen LogP contribution in [0.15, 0.2) is 152 Å². The molecule has 1 saturated heterocycles. The average Bonchev–Trinajstić information content (AvgIpc) is 3.51. The fourth-order valence-corrected chi connectivity index (χ4v) is 6.73. The van der Waals surface area contributed by atoms with Crippen LogP contribution in [-0.4, -0.2) is 28.7 Å². The van der Waals surface area contributed by atoms with Gasteiger partial charge >= 0.3 is 0 Å². The lowest BCUT2D eigenvalue weighted by Crippen LogP contribution is -2.54. The zero-order valence-corrected chi connectivity index (χ0v) is 22.2. The molecule has 0 amide bonds. The summed E-state index contributed by atoms with van der Waals surface area (Å²) in [4.78, 5) is 2.59. The fraction of sp³-hybridized carbons (Fsp3) is 0.189. The molecule has 2 heteroatoms. The number of aliphatic hydroxyl groups excluding tert-OH is 1. The van der Waals surface area contributed by atoms with E-state index >= 15 is 0 Å². The topological polar surface area (TPSA) is 23.5 Å². The van der Waals surface area contributed by atoms with Crippen LogP contribution in [0, 0.1) is 0 Å². The van der Waals surface area contributed by atoms with Crippen molar-refractivity contribution in [1.82, 2.24) is 4.90 Å². The van der Waals surface area contributed by atoms with Crippen LogP contribution < -0.4 is 0 Å². The van der Waals surface area contributed by atoms with Crippen molar-refractivity contribution in [3.8, 4) is 0 Å². The minimum atomic E-state index is -0.590. The van der Waals surface area contributed by atoms with Gasteiger partial charge in [-0.05, 0) is 40.7 Å². The number of benzene rings is 5. The van der Waals surface area contributed by atoms with Gasteiger partial charge < -0.3 is 5.11 Å². The van der Waals surface area contributed by atoms with Crippen molar-refractivity contribution in [2.24, 2.45) is 0 Å². The monoisotopic (exact) mass is 509 g/mol. The van der Waals surface area contributed by atoms with E-state index in [9.17, 15) is 5.11 Å². The molecule has 6 rings (SSSR count). The van der Waals surface area contributed by atoms with Gasteiger partial charge in [0.15, 0.2) is 0 Å². The number of aliphatic hydroxyl groups is 1. The smallest absolute Gasteiger partial charge is 0.0976 e. The largest absolute Gasteiger partial charge is 0.391 e. The average molecular weight is 510 g/mol. The van der Waals surface area contributed by atoms with Crippen molar-refractivity contribution in [1.29, 1.82) is 0 Å². The summed E-state index contributed by atoms with van der Waals surface area (Å²) in [6.45, 7) is 0.900. The van der Waals surface area contributed by atoms with Gasteiger partial charge in [0, 0.05) is 18.5 Å². The van der Waals surface area contributed by atoms with E-state index in [4.69, 9.17) is 0 Å². The molecule has 39 heavy (non-hydrogen) atoms. The summed E-state index contributed by atoms with van der Waals surface area (Å²) < 4.78 is 0. The summed E-state index contributed by atoms with van der Waals surface area (Å²) >= 11 is 0. The first-order valence-corrected chi connectivity index (χ1v) is 14.0. The third kappa shape index (κ3) is 4.71. The Morgan fingerprint density at radius 3 is 1.28 bits per heavy atom. The van der Waals surface area contributed by atoms with Gasteiger partial charge in [0.05, 0.1) is 11.6 Å². The van der Waals surface area contributed by atoms with Gasteiger partial charge in [-0.2, -0.15) is 0 Å². The summed E-state index contributed by atoms with van der Waals surface area (Å²) in [6.07, 6.45) is 1.38. The lowest BCUT2D eigenvalue weighted by atomic mass is 9.74. The minimum absolute atomic E-state index is 0.0453. The zero-order chi connectivity index (χ0) is 26.5. The first kappa shape index (κ1) is 25.3. The molecule has 1 unspecified atom stereocenters. The van der Waals surface area contributed by atoms with E-state index in [1.165, 1.54) is 16.7 Å². The van der Waals surface area contributed by atoms with Crippen molar-refractivity contribution in [2.75, 3.05) is 6.54 Å². The highest BCUT2D eigenvalue weighted by atomic mass is 16.3. The third-order valence-electron chi connectivity index (χ3n) is 8.36. The summed E-state index contributed by atoms with van der Waals surface area (Å²) in [5, 5.41) is 12.4. The highest BCUT2D eigenvalue weighted by molar-refractivity contribution is 5.50. The van der Waals surface area contributed by atoms with Gasteiger partial charge in [-0.15, -0.1) is 0 Å². The Kier molecular flexibility index (Phi) is 7.40. The molecular formula is C37H35NO. The van der Waals surface area contributed by atoms with Gasteiger partial charge in [0.1, 0.15) is 0 Å². The van der Waals surface area contributed by atoms with E-state index < -0.39 is 11.6 Å².